The number of ether oxygens (including phenoxy) is 1. The Morgan fingerprint density at radius 1 is 1.06 bits per heavy atom. The summed E-state index contributed by atoms with van der Waals surface area (Å²) in [5, 5.41) is 4.26. The van der Waals surface area contributed by atoms with Crippen LogP contribution >= 0.6 is 18.9 Å². The number of unbranched alkanes of at least 4 members (excludes halogenated alkanes) is 2. The second-order valence-corrected chi connectivity index (χ2v) is 11.0. The average Bonchev–Trinajstić information content (AvgIpc) is 3.48. The number of anilines is 1. The zero-order valence-corrected chi connectivity index (χ0v) is 21.5. The second-order valence-electron chi connectivity index (χ2n) is 8.05. The molecule has 9 heteroatoms. The second kappa shape index (κ2) is 11.4. The highest BCUT2D eigenvalue weighted by Crippen LogP contribution is 2.61. The van der Waals surface area contributed by atoms with Gasteiger partial charge in [-0.25, -0.2) is 4.98 Å². The lowest BCUT2D eigenvalue weighted by Gasteiger charge is -2.27. The molecular formula is C25H31N2O5PS. The average molecular weight is 503 g/mol. The number of rotatable bonds is 13. The van der Waals surface area contributed by atoms with Gasteiger partial charge in [0.05, 0.1) is 36.1 Å². The molecule has 0 spiro atoms. The summed E-state index contributed by atoms with van der Waals surface area (Å²) >= 11 is 1.55. The summed E-state index contributed by atoms with van der Waals surface area (Å²) in [4.78, 5) is 4.35. The zero-order valence-electron chi connectivity index (χ0n) is 19.8. The minimum atomic E-state index is -3.64. The van der Waals surface area contributed by atoms with Crippen LogP contribution in [0.15, 0.2) is 52.4 Å². The molecule has 0 aliphatic rings. The first kappa shape index (κ1) is 24.7. The standard InChI is InChI=1S/C25H31N2O5PS/c1-4-6-12-30-33(28,31-13-7-5-2)25(27-19-8-10-21-24(16-19)34-17-26-21)23-15-18-14-20(29-3)9-11-22(18)32-23/h8-11,14-17,25,27H,4-7,12-13H2,1-3H3. The molecule has 2 aromatic heterocycles. The Hall–Kier alpha value is -2.38. The Morgan fingerprint density at radius 2 is 1.82 bits per heavy atom. The molecule has 0 amide bonds. The van der Waals surface area contributed by atoms with Gasteiger partial charge in [-0.05, 0) is 55.3 Å². The number of nitrogens with zero attached hydrogens (tertiary/aromatic N) is 1. The number of nitrogens with one attached hydrogen (secondary N) is 1. The van der Waals surface area contributed by atoms with Crippen molar-refractivity contribution in [1.82, 2.24) is 4.98 Å². The normalized spacial score (nSPS) is 12.9. The summed E-state index contributed by atoms with van der Waals surface area (Å²) in [6.07, 6.45) is 3.44. The van der Waals surface area contributed by atoms with E-state index in [1.54, 1.807) is 18.4 Å². The maximum absolute atomic E-state index is 14.3. The Labute approximate surface area is 204 Å². The van der Waals surface area contributed by atoms with Crippen molar-refractivity contribution >= 4 is 45.8 Å². The van der Waals surface area contributed by atoms with Crippen LogP contribution in [-0.2, 0) is 13.6 Å². The number of fused-ring (bicyclic) bond motifs is 2. The van der Waals surface area contributed by atoms with Crippen LogP contribution in [-0.4, -0.2) is 25.3 Å². The third kappa shape index (κ3) is 5.63. The maximum atomic E-state index is 14.3. The summed E-state index contributed by atoms with van der Waals surface area (Å²) in [6, 6.07) is 13.3. The summed E-state index contributed by atoms with van der Waals surface area (Å²) in [7, 11) is -2.02. The number of thiazole rings is 1. The van der Waals surface area contributed by atoms with Gasteiger partial charge in [0.15, 0.2) is 5.78 Å². The molecule has 0 bridgehead atoms. The first-order valence-corrected chi connectivity index (χ1v) is 14.1. The van der Waals surface area contributed by atoms with Crippen LogP contribution in [0.4, 0.5) is 5.69 Å². The molecule has 182 valence electrons. The highest BCUT2D eigenvalue weighted by Gasteiger charge is 2.40. The summed E-state index contributed by atoms with van der Waals surface area (Å²) in [5.74, 6) is 0.399. The van der Waals surface area contributed by atoms with E-state index in [1.165, 1.54) is 0 Å². The fourth-order valence-corrected chi connectivity index (χ4v) is 6.17. The number of aromatic nitrogens is 1. The molecule has 2 aromatic carbocycles. The van der Waals surface area contributed by atoms with Gasteiger partial charge in [-0.3, -0.25) is 4.57 Å². The van der Waals surface area contributed by atoms with Crippen molar-refractivity contribution in [2.24, 2.45) is 0 Å². The van der Waals surface area contributed by atoms with Crippen molar-refractivity contribution < 1.29 is 22.8 Å². The van der Waals surface area contributed by atoms with Crippen molar-refractivity contribution in [2.45, 2.75) is 45.3 Å². The monoisotopic (exact) mass is 502 g/mol. The van der Waals surface area contributed by atoms with Crippen molar-refractivity contribution in [1.29, 1.82) is 0 Å². The minimum Gasteiger partial charge on any atom is -0.497 e. The molecule has 2 heterocycles. The van der Waals surface area contributed by atoms with Crippen LogP contribution in [0.5, 0.6) is 5.75 Å². The highest BCUT2D eigenvalue weighted by molar-refractivity contribution is 7.54. The lowest BCUT2D eigenvalue weighted by Crippen LogP contribution is -2.15. The van der Waals surface area contributed by atoms with E-state index in [9.17, 15) is 4.57 Å². The van der Waals surface area contributed by atoms with E-state index >= 15 is 0 Å². The van der Waals surface area contributed by atoms with Gasteiger partial charge in [0.1, 0.15) is 17.1 Å². The van der Waals surface area contributed by atoms with Gasteiger partial charge in [0.25, 0.3) is 0 Å². The molecule has 0 aliphatic carbocycles. The van der Waals surface area contributed by atoms with E-state index in [2.05, 4.69) is 24.1 Å². The number of furan rings is 1. The third-order valence-electron chi connectivity index (χ3n) is 5.50. The molecule has 1 unspecified atom stereocenters. The smallest absolute Gasteiger partial charge is 0.360 e. The third-order valence-corrected chi connectivity index (χ3v) is 8.39. The quantitative estimate of drug-likeness (QED) is 0.146. The molecule has 0 aliphatic heterocycles. The first-order chi connectivity index (χ1) is 16.6. The molecule has 34 heavy (non-hydrogen) atoms. The lowest BCUT2D eigenvalue weighted by atomic mass is 10.2. The van der Waals surface area contributed by atoms with Crippen molar-refractivity contribution in [3.05, 3.63) is 53.7 Å². The molecule has 4 rings (SSSR count). The molecule has 4 aromatic rings. The van der Waals surface area contributed by atoms with Crippen LogP contribution in [0.3, 0.4) is 0 Å². The van der Waals surface area contributed by atoms with E-state index < -0.39 is 13.4 Å². The molecular weight excluding hydrogens is 471 g/mol. The molecule has 7 nitrogen and oxygen atoms in total. The summed E-state index contributed by atoms with van der Waals surface area (Å²) in [5.41, 5.74) is 4.20. The van der Waals surface area contributed by atoms with Crippen LogP contribution in [0, 0.1) is 0 Å². The zero-order chi connectivity index (χ0) is 24.0. The van der Waals surface area contributed by atoms with E-state index in [0.717, 1.165) is 52.7 Å². The molecule has 0 fully saturated rings. The van der Waals surface area contributed by atoms with Crippen molar-refractivity contribution in [3.8, 4) is 5.75 Å². The number of methoxy groups -OCH3 is 1. The predicted molar refractivity (Wildman–Crippen MR) is 138 cm³/mol. The Morgan fingerprint density at radius 3 is 2.53 bits per heavy atom. The number of benzene rings is 2. The lowest BCUT2D eigenvalue weighted by molar-refractivity contribution is 0.192. The van der Waals surface area contributed by atoms with E-state index in [0.29, 0.717) is 24.6 Å². The Balaban J connectivity index is 1.75. The van der Waals surface area contributed by atoms with E-state index in [1.807, 2.05) is 48.0 Å². The molecule has 1 N–H and O–H groups in total. The van der Waals surface area contributed by atoms with Gasteiger partial charge in [-0.2, -0.15) is 0 Å². The SMILES string of the molecule is CCCCOP(=O)(OCCCC)C(Nc1ccc2ncsc2c1)c1cc2cc(OC)ccc2o1. The van der Waals surface area contributed by atoms with Crippen molar-refractivity contribution in [3.63, 3.8) is 0 Å². The van der Waals surface area contributed by atoms with Gasteiger partial charge >= 0.3 is 7.60 Å². The minimum absolute atomic E-state index is 0.347. The largest absolute Gasteiger partial charge is 0.497 e. The number of hydrogen-bond acceptors (Lipinski definition) is 8. The number of hydrogen-bond donors (Lipinski definition) is 1. The van der Waals surface area contributed by atoms with Crippen LogP contribution in [0.25, 0.3) is 21.2 Å². The Bertz CT molecular complexity index is 1260. The highest BCUT2D eigenvalue weighted by atomic mass is 32.1. The molecule has 1 atom stereocenters. The summed E-state index contributed by atoms with van der Waals surface area (Å²) < 4.78 is 38.8. The molecule has 0 saturated carbocycles. The topological polar surface area (TPSA) is 82.8 Å². The van der Waals surface area contributed by atoms with Gasteiger partial charge in [-0.15, -0.1) is 11.3 Å². The van der Waals surface area contributed by atoms with Gasteiger partial charge in [-0.1, -0.05) is 26.7 Å². The van der Waals surface area contributed by atoms with E-state index in [4.69, 9.17) is 18.2 Å². The van der Waals surface area contributed by atoms with Crippen LogP contribution in [0.2, 0.25) is 0 Å². The predicted octanol–water partition coefficient (Wildman–Crippen LogP) is 7.99. The van der Waals surface area contributed by atoms with Gasteiger partial charge < -0.3 is 23.5 Å². The van der Waals surface area contributed by atoms with Crippen molar-refractivity contribution in [2.75, 3.05) is 25.6 Å². The van der Waals surface area contributed by atoms with Gasteiger partial charge in [0.2, 0.25) is 0 Å². The van der Waals surface area contributed by atoms with Crippen LogP contribution in [0.1, 0.15) is 51.1 Å². The Kier molecular flexibility index (Phi) is 8.27. The summed E-state index contributed by atoms with van der Waals surface area (Å²) in [6.45, 7) is 4.83. The first-order valence-electron chi connectivity index (χ1n) is 11.6. The molecule has 0 radical (unpaired) electrons. The fraction of sp³-hybridized carbons (Fsp3) is 0.400. The van der Waals surface area contributed by atoms with Crippen LogP contribution < -0.4 is 10.1 Å². The fourth-order valence-electron chi connectivity index (χ4n) is 3.57. The van der Waals surface area contributed by atoms with Gasteiger partial charge in [0, 0.05) is 11.1 Å². The maximum Gasteiger partial charge on any atom is 0.360 e. The van der Waals surface area contributed by atoms with E-state index in [-0.39, 0.29) is 0 Å². The molecule has 0 saturated heterocycles.